The van der Waals surface area contributed by atoms with Gasteiger partial charge < -0.3 is 14.1 Å². The Labute approximate surface area is 136 Å². The highest BCUT2D eigenvalue weighted by atomic mass is 32.2. The van der Waals surface area contributed by atoms with Crippen molar-refractivity contribution in [2.75, 3.05) is 18.8 Å². The normalized spacial score (nSPS) is 16.8. The highest BCUT2D eigenvalue weighted by molar-refractivity contribution is 7.99. The van der Waals surface area contributed by atoms with Gasteiger partial charge in [0.2, 0.25) is 5.89 Å². The van der Waals surface area contributed by atoms with Crippen molar-refractivity contribution in [3.8, 4) is 0 Å². The number of amides is 1. The molecule has 0 atom stereocenters. The summed E-state index contributed by atoms with van der Waals surface area (Å²) in [7, 11) is 0. The Bertz CT molecular complexity index is 490. The van der Waals surface area contributed by atoms with Crippen LogP contribution in [0.15, 0.2) is 9.64 Å². The maximum absolute atomic E-state index is 12.0. The number of ether oxygens (including phenoxy) is 1. The molecule has 2 heterocycles. The van der Waals surface area contributed by atoms with Gasteiger partial charge in [-0.25, -0.2) is 4.79 Å². The molecule has 1 amide bonds. The van der Waals surface area contributed by atoms with Crippen LogP contribution in [0.5, 0.6) is 0 Å². The molecule has 0 unspecified atom stereocenters. The molecule has 22 heavy (non-hydrogen) atoms. The molecule has 124 valence electrons. The summed E-state index contributed by atoms with van der Waals surface area (Å²) in [5.74, 6) is 1.92. The van der Waals surface area contributed by atoms with Crippen molar-refractivity contribution >= 4 is 17.9 Å². The van der Waals surface area contributed by atoms with Gasteiger partial charge in [-0.3, -0.25) is 0 Å². The second-order valence-electron chi connectivity index (χ2n) is 6.50. The molecule has 0 aliphatic carbocycles. The first-order valence-electron chi connectivity index (χ1n) is 7.83. The fraction of sp³-hybridized carbons (Fsp3) is 0.800. The average molecular weight is 327 g/mol. The van der Waals surface area contributed by atoms with E-state index in [1.807, 2.05) is 20.8 Å². The van der Waals surface area contributed by atoms with Crippen molar-refractivity contribution in [3.63, 3.8) is 0 Å². The third-order valence-corrected chi connectivity index (χ3v) is 4.37. The number of likely N-dealkylation sites (tertiary alicyclic amines) is 1. The van der Waals surface area contributed by atoms with Gasteiger partial charge in [0.15, 0.2) is 0 Å². The predicted octanol–water partition coefficient (Wildman–Crippen LogP) is 3.69. The molecule has 1 aliphatic heterocycles. The van der Waals surface area contributed by atoms with Crippen LogP contribution in [0.3, 0.4) is 0 Å². The van der Waals surface area contributed by atoms with Gasteiger partial charge >= 0.3 is 6.09 Å². The zero-order valence-corrected chi connectivity index (χ0v) is 14.6. The number of carbonyl (C=O) groups excluding carboxylic acids is 1. The first-order valence-corrected chi connectivity index (χ1v) is 8.81. The van der Waals surface area contributed by atoms with E-state index in [1.54, 1.807) is 16.7 Å². The summed E-state index contributed by atoms with van der Waals surface area (Å²) in [5, 5.41) is 8.87. The van der Waals surface area contributed by atoms with Crippen LogP contribution in [0, 0.1) is 0 Å². The van der Waals surface area contributed by atoms with Crippen LogP contribution in [0.4, 0.5) is 4.79 Å². The zero-order chi connectivity index (χ0) is 16.2. The van der Waals surface area contributed by atoms with E-state index in [2.05, 4.69) is 17.1 Å². The quantitative estimate of drug-likeness (QED) is 0.786. The molecule has 1 fully saturated rings. The number of piperidine rings is 1. The van der Waals surface area contributed by atoms with Crippen molar-refractivity contribution < 1.29 is 13.9 Å². The standard InChI is InChI=1S/C15H25N3O3S/c1-5-10-22-13-17-16-12(20-13)11-6-8-18(9-7-11)14(19)21-15(2,3)4/h11H,5-10H2,1-4H3. The molecule has 1 aromatic rings. The Morgan fingerprint density at radius 3 is 2.64 bits per heavy atom. The molecule has 0 bridgehead atoms. The minimum absolute atomic E-state index is 0.238. The van der Waals surface area contributed by atoms with Crippen molar-refractivity contribution in [2.45, 2.75) is 63.7 Å². The lowest BCUT2D eigenvalue weighted by Gasteiger charge is -2.32. The van der Waals surface area contributed by atoms with Gasteiger partial charge in [-0.2, -0.15) is 0 Å². The van der Waals surface area contributed by atoms with E-state index in [-0.39, 0.29) is 12.0 Å². The van der Waals surface area contributed by atoms with Crippen molar-refractivity contribution in [3.05, 3.63) is 5.89 Å². The molecule has 7 heteroatoms. The van der Waals surface area contributed by atoms with Gasteiger partial charge in [0, 0.05) is 24.8 Å². The molecule has 0 radical (unpaired) electrons. The maximum atomic E-state index is 12.0. The van der Waals surface area contributed by atoms with E-state index in [4.69, 9.17) is 9.15 Å². The fourth-order valence-corrected chi connectivity index (χ4v) is 2.89. The lowest BCUT2D eigenvalue weighted by atomic mass is 9.97. The summed E-state index contributed by atoms with van der Waals surface area (Å²) < 4.78 is 11.1. The first kappa shape index (κ1) is 17.1. The number of rotatable bonds is 4. The summed E-state index contributed by atoms with van der Waals surface area (Å²) >= 11 is 1.59. The highest BCUT2D eigenvalue weighted by Crippen LogP contribution is 2.29. The van der Waals surface area contributed by atoms with E-state index >= 15 is 0 Å². The van der Waals surface area contributed by atoms with Crippen molar-refractivity contribution in [2.24, 2.45) is 0 Å². The summed E-state index contributed by atoms with van der Waals surface area (Å²) in [5.41, 5.74) is -0.453. The average Bonchev–Trinajstić information content (AvgIpc) is 2.92. The third kappa shape index (κ3) is 4.90. The molecular formula is C15H25N3O3S. The van der Waals surface area contributed by atoms with E-state index < -0.39 is 5.60 Å². The summed E-state index contributed by atoms with van der Waals surface area (Å²) in [6.07, 6.45) is 2.51. The first-order chi connectivity index (χ1) is 10.4. The summed E-state index contributed by atoms with van der Waals surface area (Å²) in [4.78, 5) is 13.8. The number of nitrogens with zero attached hydrogens (tertiary/aromatic N) is 3. The van der Waals surface area contributed by atoms with Crippen LogP contribution in [0.2, 0.25) is 0 Å². The van der Waals surface area contributed by atoms with Gasteiger partial charge in [-0.05, 0) is 40.0 Å². The Kier molecular flexibility index (Phi) is 5.72. The molecule has 0 saturated carbocycles. The van der Waals surface area contributed by atoms with Crippen LogP contribution in [0.25, 0.3) is 0 Å². The Hall–Kier alpha value is -1.24. The lowest BCUT2D eigenvalue weighted by molar-refractivity contribution is 0.0198. The molecule has 1 aliphatic rings. The van der Waals surface area contributed by atoms with Crippen LogP contribution in [-0.4, -0.2) is 45.6 Å². The second-order valence-corrected chi connectivity index (χ2v) is 7.54. The van der Waals surface area contributed by atoms with Crippen molar-refractivity contribution in [1.29, 1.82) is 0 Å². The van der Waals surface area contributed by atoms with E-state index in [0.29, 0.717) is 24.2 Å². The number of carbonyl (C=O) groups is 1. The van der Waals surface area contributed by atoms with E-state index in [9.17, 15) is 4.79 Å². The second kappa shape index (κ2) is 7.35. The van der Waals surface area contributed by atoms with E-state index in [1.165, 1.54) is 0 Å². The van der Waals surface area contributed by atoms with Gasteiger partial charge in [0.05, 0.1) is 0 Å². The largest absolute Gasteiger partial charge is 0.444 e. The fourth-order valence-electron chi connectivity index (χ4n) is 2.27. The van der Waals surface area contributed by atoms with E-state index in [0.717, 1.165) is 25.0 Å². The predicted molar refractivity (Wildman–Crippen MR) is 85.1 cm³/mol. The van der Waals surface area contributed by atoms with Crippen LogP contribution in [0.1, 0.15) is 58.8 Å². The number of hydrogen-bond acceptors (Lipinski definition) is 6. The Morgan fingerprint density at radius 1 is 1.36 bits per heavy atom. The minimum Gasteiger partial charge on any atom is -0.444 e. The van der Waals surface area contributed by atoms with Gasteiger partial charge in [-0.1, -0.05) is 18.7 Å². The Balaban J connectivity index is 1.84. The number of aromatic nitrogens is 2. The van der Waals surface area contributed by atoms with Crippen LogP contribution < -0.4 is 0 Å². The third-order valence-electron chi connectivity index (χ3n) is 3.35. The maximum Gasteiger partial charge on any atom is 0.410 e. The lowest BCUT2D eigenvalue weighted by Crippen LogP contribution is -2.41. The van der Waals surface area contributed by atoms with Crippen LogP contribution >= 0.6 is 11.8 Å². The molecule has 0 N–H and O–H groups in total. The Morgan fingerprint density at radius 2 is 2.05 bits per heavy atom. The smallest absolute Gasteiger partial charge is 0.410 e. The molecule has 0 spiro atoms. The van der Waals surface area contributed by atoms with Gasteiger partial charge in [0.1, 0.15) is 5.60 Å². The molecule has 1 saturated heterocycles. The molecule has 0 aromatic carbocycles. The molecule has 6 nitrogen and oxygen atoms in total. The van der Waals surface area contributed by atoms with Crippen molar-refractivity contribution in [1.82, 2.24) is 15.1 Å². The SMILES string of the molecule is CCCSc1nnc(C2CCN(C(=O)OC(C)(C)C)CC2)o1. The summed E-state index contributed by atoms with van der Waals surface area (Å²) in [6.45, 7) is 9.10. The number of hydrogen-bond donors (Lipinski definition) is 0. The zero-order valence-electron chi connectivity index (χ0n) is 13.8. The highest BCUT2D eigenvalue weighted by Gasteiger charge is 2.29. The molecule has 2 rings (SSSR count). The minimum atomic E-state index is -0.453. The topological polar surface area (TPSA) is 68.5 Å². The van der Waals surface area contributed by atoms with Gasteiger partial charge in [0.25, 0.3) is 5.22 Å². The van der Waals surface area contributed by atoms with Gasteiger partial charge in [-0.15, -0.1) is 10.2 Å². The summed E-state index contributed by atoms with van der Waals surface area (Å²) in [6, 6.07) is 0. The molecule has 1 aromatic heterocycles. The number of thioether (sulfide) groups is 1. The monoisotopic (exact) mass is 327 g/mol. The molecular weight excluding hydrogens is 302 g/mol. The van der Waals surface area contributed by atoms with Crippen LogP contribution in [-0.2, 0) is 4.74 Å².